The average molecular weight is 248 g/mol. The van der Waals surface area contributed by atoms with Crippen molar-refractivity contribution in [1.82, 2.24) is 15.3 Å². The van der Waals surface area contributed by atoms with Crippen LogP contribution in [0.2, 0.25) is 0 Å². The second kappa shape index (κ2) is 6.14. The van der Waals surface area contributed by atoms with Gasteiger partial charge in [0.15, 0.2) is 0 Å². The normalized spacial score (nSPS) is 23.6. The Morgan fingerprint density at radius 2 is 2.17 bits per heavy atom. The van der Waals surface area contributed by atoms with E-state index >= 15 is 0 Å². The summed E-state index contributed by atoms with van der Waals surface area (Å²) in [6.07, 6.45) is 6.21. The summed E-state index contributed by atoms with van der Waals surface area (Å²) < 4.78 is 0. The van der Waals surface area contributed by atoms with Gasteiger partial charge in [-0.25, -0.2) is 4.98 Å². The summed E-state index contributed by atoms with van der Waals surface area (Å²) in [5.74, 6) is 1.78. The van der Waals surface area contributed by atoms with Crippen molar-refractivity contribution in [3.63, 3.8) is 0 Å². The lowest BCUT2D eigenvalue weighted by molar-refractivity contribution is 0.625. The van der Waals surface area contributed by atoms with E-state index in [2.05, 4.69) is 41.0 Å². The monoisotopic (exact) mass is 248 g/mol. The van der Waals surface area contributed by atoms with Gasteiger partial charge in [0, 0.05) is 19.1 Å². The van der Waals surface area contributed by atoms with Crippen LogP contribution in [0.25, 0.3) is 0 Å². The summed E-state index contributed by atoms with van der Waals surface area (Å²) >= 11 is 0. The molecule has 0 saturated carbocycles. The summed E-state index contributed by atoms with van der Waals surface area (Å²) in [6, 6.07) is 0.582. The van der Waals surface area contributed by atoms with Crippen LogP contribution in [-0.2, 0) is 6.54 Å². The lowest BCUT2D eigenvalue weighted by atomic mass is 10.1. The van der Waals surface area contributed by atoms with E-state index in [1.807, 2.05) is 12.4 Å². The van der Waals surface area contributed by atoms with Crippen LogP contribution < -0.4 is 10.2 Å². The van der Waals surface area contributed by atoms with E-state index in [9.17, 15) is 0 Å². The molecular formula is C14H24N4. The Balaban J connectivity index is 1.95. The van der Waals surface area contributed by atoms with Crippen molar-refractivity contribution in [3.05, 3.63) is 18.1 Å². The van der Waals surface area contributed by atoms with Gasteiger partial charge < -0.3 is 10.2 Å². The zero-order valence-corrected chi connectivity index (χ0v) is 11.7. The first kappa shape index (κ1) is 13.3. The minimum absolute atomic E-state index is 0.582. The standard InChI is InChI=1S/C14H24N4/c1-4-5-15-7-13-8-17-14(9-16-13)18-10-11(2)6-12(18)3/h8-9,11-12,15H,4-7,10H2,1-3H3. The molecule has 1 aromatic rings. The van der Waals surface area contributed by atoms with Gasteiger partial charge in [-0.1, -0.05) is 13.8 Å². The summed E-state index contributed by atoms with van der Waals surface area (Å²) in [4.78, 5) is 11.4. The highest BCUT2D eigenvalue weighted by Crippen LogP contribution is 2.26. The zero-order chi connectivity index (χ0) is 13.0. The molecule has 2 unspecified atom stereocenters. The van der Waals surface area contributed by atoms with Gasteiger partial charge >= 0.3 is 0 Å². The molecule has 0 aromatic carbocycles. The summed E-state index contributed by atoms with van der Waals surface area (Å²) in [6.45, 7) is 9.67. The SMILES string of the molecule is CCCNCc1cnc(N2CC(C)CC2C)cn1. The van der Waals surface area contributed by atoms with Gasteiger partial charge in [-0.3, -0.25) is 4.98 Å². The molecule has 1 N–H and O–H groups in total. The number of hydrogen-bond acceptors (Lipinski definition) is 4. The van der Waals surface area contributed by atoms with Crippen LogP contribution in [0.3, 0.4) is 0 Å². The number of nitrogens with zero attached hydrogens (tertiary/aromatic N) is 3. The third kappa shape index (κ3) is 3.19. The Morgan fingerprint density at radius 3 is 2.72 bits per heavy atom. The molecule has 0 amide bonds. The number of anilines is 1. The van der Waals surface area contributed by atoms with E-state index in [1.54, 1.807) is 0 Å². The van der Waals surface area contributed by atoms with E-state index in [-0.39, 0.29) is 0 Å². The van der Waals surface area contributed by atoms with Crippen molar-refractivity contribution < 1.29 is 0 Å². The van der Waals surface area contributed by atoms with Crippen LogP contribution in [0.15, 0.2) is 12.4 Å². The molecule has 0 spiro atoms. The molecule has 2 rings (SSSR count). The first-order valence-electron chi connectivity index (χ1n) is 6.99. The van der Waals surface area contributed by atoms with Crippen molar-refractivity contribution in [2.24, 2.45) is 5.92 Å². The van der Waals surface area contributed by atoms with Crippen LogP contribution in [0, 0.1) is 5.92 Å². The second-order valence-corrected chi connectivity index (χ2v) is 5.38. The predicted molar refractivity (Wildman–Crippen MR) is 74.6 cm³/mol. The number of hydrogen-bond donors (Lipinski definition) is 1. The first-order chi connectivity index (χ1) is 8.70. The fourth-order valence-electron chi connectivity index (χ4n) is 2.60. The average Bonchev–Trinajstić information content (AvgIpc) is 2.70. The van der Waals surface area contributed by atoms with Crippen molar-refractivity contribution in [1.29, 1.82) is 0 Å². The Kier molecular flexibility index (Phi) is 4.53. The van der Waals surface area contributed by atoms with E-state index in [4.69, 9.17) is 0 Å². The molecule has 2 heterocycles. The second-order valence-electron chi connectivity index (χ2n) is 5.38. The minimum atomic E-state index is 0.582. The third-order valence-electron chi connectivity index (χ3n) is 3.50. The van der Waals surface area contributed by atoms with Crippen LogP contribution >= 0.6 is 0 Å². The molecule has 18 heavy (non-hydrogen) atoms. The topological polar surface area (TPSA) is 41.1 Å². The molecule has 1 fully saturated rings. The highest BCUT2D eigenvalue weighted by Gasteiger charge is 2.27. The minimum Gasteiger partial charge on any atom is -0.352 e. The zero-order valence-electron chi connectivity index (χ0n) is 11.7. The fraction of sp³-hybridized carbons (Fsp3) is 0.714. The van der Waals surface area contributed by atoms with Gasteiger partial charge in [0.1, 0.15) is 5.82 Å². The number of nitrogens with one attached hydrogen (secondary N) is 1. The van der Waals surface area contributed by atoms with Crippen LogP contribution in [0.5, 0.6) is 0 Å². The highest BCUT2D eigenvalue weighted by molar-refractivity contribution is 5.38. The number of rotatable bonds is 5. The van der Waals surface area contributed by atoms with Crippen molar-refractivity contribution in [2.45, 2.75) is 46.2 Å². The molecular weight excluding hydrogens is 224 g/mol. The molecule has 0 bridgehead atoms. The smallest absolute Gasteiger partial charge is 0.147 e. The van der Waals surface area contributed by atoms with E-state index in [1.165, 1.54) is 6.42 Å². The first-order valence-corrected chi connectivity index (χ1v) is 6.99. The largest absolute Gasteiger partial charge is 0.352 e. The van der Waals surface area contributed by atoms with Crippen molar-refractivity contribution in [3.8, 4) is 0 Å². The Hall–Kier alpha value is -1.16. The molecule has 1 saturated heterocycles. The van der Waals surface area contributed by atoms with E-state index < -0.39 is 0 Å². The molecule has 1 aromatic heterocycles. The number of aromatic nitrogens is 2. The lowest BCUT2D eigenvalue weighted by Gasteiger charge is -2.22. The Bertz CT molecular complexity index is 363. The predicted octanol–water partition coefficient (Wildman–Crippen LogP) is 2.21. The maximum absolute atomic E-state index is 4.55. The van der Waals surface area contributed by atoms with Gasteiger partial charge in [-0.2, -0.15) is 0 Å². The van der Waals surface area contributed by atoms with E-state index in [0.717, 1.165) is 43.5 Å². The van der Waals surface area contributed by atoms with Gasteiger partial charge in [-0.05, 0) is 32.2 Å². The molecule has 1 aliphatic heterocycles. The molecule has 2 atom stereocenters. The fourth-order valence-corrected chi connectivity index (χ4v) is 2.60. The summed E-state index contributed by atoms with van der Waals surface area (Å²) in [5.41, 5.74) is 1.02. The van der Waals surface area contributed by atoms with Crippen molar-refractivity contribution in [2.75, 3.05) is 18.0 Å². The molecule has 4 heteroatoms. The highest BCUT2D eigenvalue weighted by atomic mass is 15.2. The maximum Gasteiger partial charge on any atom is 0.147 e. The Morgan fingerprint density at radius 1 is 1.33 bits per heavy atom. The summed E-state index contributed by atoms with van der Waals surface area (Å²) in [5, 5.41) is 3.34. The van der Waals surface area contributed by atoms with Crippen molar-refractivity contribution >= 4 is 5.82 Å². The van der Waals surface area contributed by atoms with Gasteiger partial charge in [0.25, 0.3) is 0 Å². The Labute approximate surface area is 110 Å². The van der Waals surface area contributed by atoms with Gasteiger partial charge in [0.05, 0.1) is 18.1 Å². The van der Waals surface area contributed by atoms with E-state index in [0.29, 0.717) is 6.04 Å². The van der Waals surface area contributed by atoms with Crippen LogP contribution in [-0.4, -0.2) is 29.1 Å². The molecule has 0 aliphatic carbocycles. The van der Waals surface area contributed by atoms with Crippen LogP contribution in [0.1, 0.15) is 39.3 Å². The maximum atomic E-state index is 4.55. The lowest BCUT2D eigenvalue weighted by Crippen LogP contribution is -2.27. The van der Waals surface area contributed by atoms with Gasteiger partial charge in [-0.15, -0.1) is 0 Å². The van der Waals surface area contributed by atoms with Crippen LogP contribution in [0.4, 0.5) is 5.82 Å². The van der Waals surface area contributed by atoms with Gasteiger partial charge in [0.2, 0.25) is 0 Å². The molecule has 4 nitrogen and oxygen atoms in total. The summed E-state index contributed by atoms with van der Waals surface area (Å²) in [7, 11) is 0. The molecule has 100 valence electrons. The molecule has 0 radical (unpaired) electrons. The third-order valence-corrected chi connectivity index (χ3v) is 3.50. The molecule has 1 aliphatic rings. The quantitative estimate of drug-likeness (QED) is 0.811.